The Balaban J connectivity index is 1.35. The molecule has 0 amide bonds. The molecule has 1 saturated carbocycles. The highest BCUT2D eigenvalue weighted by Gasteiger charge is 2.43. The largest absolute Gasteiger partial charge is 0.423 e. The first-order chi connectivity index (χ1) is 16.2. The van der Waals surface area contributed by atoms with E-state index in [1.54, 1.807) is 30.6 Å². The number of ether oxygens (including phenoxy) is 1. The molecule has 2 fully saturated rings. The maximum Gasteiger partial charge on any atom is 0.408 e. The van der Waals surface area contributed by atoms with Crippen LogP contribution < -0.4 is 15.0 Å². The Bertz CT molecular complexity index is 1160. The van der Waals surface area contributed by atoms with Gasteiger partial charge in [0.05, 0.1) is 5.02 Å². The molecular formula is C22H23ClF3N7O. The van der Waals surface area contributed by atoms with Crippen LogP contribution in [0.5, 0.6) is 11.8 Å². The van der Waals surface area contributed by atoms with Gasteiger partial charge in [-0.05, 0) is 43.7 Å². The van der Waals surface area contributed by atoms with Crippen LogP contribution in [-0.4, -0.2) is 50.0 Å². The van der Waals surface area contributed by atoms with Crippen molar-refractivity contribution in [3.8, 4) is 11.8 Å². The molecule has 0 spiro atoms. The van der Waals surface area contributed by atoms with Gasteiger partial charge in [-0.2, -0.15) is 18.2 Å². The first kappa shape index (κ1) is 22.7. The quantitative estimate of drug-likeness (QED) is 0.532. The highest BCUT2D eigenvalue weighted by Crippen LogP contribution is 2.40. The molecule has 2 aliphatic rings. The molecule has 0 unspecified atom stereocenters. The van der Waals surface area contributed by atoms with Gasteiger partial charge in [-0.15, -0.1) is 5.10 Å². The molecule has 34 heavy (non-hydrogen) atoms. The Morgan fingerprint density at radius 3 is 2.56 bits per heavy atom. The molecule has 5 rings (SSSR count). The summed E-state index contributed by atoms with van der Waals surface area (Å²) >= 11 is 6.11. The molecule has 2 bridgehead atoms. The van der Waals surface area contributed by atoms with E-state index in [-0.39, 0.29) is 40.6 Å². The highest BCUT2D eigenvalue weighted by molar-refractivity contribution is 6.32. The predicted octanol–water partition coefficient (Wildman–Crippen LogP) is 4.71. The number of aromatic nitrogens is 5. The lowest BCUT2D eigenvalue weighted by Gasteiger charge is -2.38. The number of anilines is 2. The zero-order chi connectivity index (χ0) is 23.9. The molecule has 180 valence electrons. The van der Waals surface area contributed by atoms with Crippen molar-refractivity contribution in [2.75, 3.05) is 23.3 Å². The predicted molar refractivity (Wildman–Crippen MR) is 120 cm³/mol. The molecule has 1 N–H and O–H groups in total. The SMILES string of the molecule is Cc1cc(N2C[C@@H]3CC[C@@H](C2)C3Nc2nc(Oc3ccccc3Cl)n(CC(F)(F)F)n2)ncn1. The highest BCUT2D eigenvalue weighted by atomic mass is 35.5. The van der Waals surface area contributed by atoms with Crippen LogP contribution in [0.4, 0.5) is 24.9 Å². The van der Waals surface area contributed by atoms with E-state index < -0.39 is 12.7 Å². The number of benzene rings is 1. The summed E-state index contributed by atoms with van der Waals surface area (Å²) in [6, 6.07) is 8.27. The van der Waals surface area contributed by atoms with E-state index in [1.165, 1.54) is 0 Å². The van der Waals surface area contributed by atoms with Gasteiger partial charge in [0.1, 0.15) is 24.4 Å². The standard InChI is InChI=1S/C22H23ClF3N7O/c1-13-8-18(28-12-27-13)32-9-14-6-7-15(10-32)19(14)29-20-30-21(33(31-20)11-22(24,25)26)34-17-5-3-2-4-16(17)23/h2-5,8,12,14-15,19H,6-7,9-11H2,1H3,(H,29,31)/t14-,15-/m0/s1. The number of alkyl halides is 3. The van der Waals surface area contributed by atoms with Gasteiger partial charge < -0.3 is 15.0 Å². The van der Waals surface area contributed by atoms with Gasteiger partial charge in [0, 0.05) is 30.9 Å². The average molecular weight is 494 g/mol. The Labute approximate surface area is 199 Å². The van der Waals surface area contributed by atoms with E-state index in [0.717, 1.165) is 37.4 Å². The molecule has 1 aliphatic heterocycles. The zero-order valence-electron chi connectivity index (χ0n) is 18.3. The lowest BCUT2D eigenvalue weighted by molar-refractivity contribution is -0.143. The van der Waals surface area contributed by atoms with Gasteiger partial charge in [0.25, 0.3) is 0 Å². The van der Waals surface area contributed by atoms with Gasteiger partial charge in [0.2, 0.25) is 5.95 Å². The maximum absolute atomic E-state index is 13.2. The monoisotopic (exact) mass is 493 g/mol. The number of rotatable bonds is 6. The van der Waals surface area contributed by atoms with Gasteiger partial charge in [-0.3, -0.25) is 0 Å². The number of piperidine rings is 1. The van der Waals surface area contributed by atoms with Crippen molar-refractivity contribution in [1.82, 2.24) is 24.7 Å². The summed E-state index contributed by atoms with van der Waals surface area (Å²) in [4.78, 5) is 15.0. The summed E-state index contributed by atoms with van der Waals surface area (Å²) in [6.07, 6.45) is -0.900. The second kappa shape index (κ2) is 8.94. The number of hydrogen-bond donors (Lipinski definition) is 1. The van der Waals surface area contributed by atoms with E-state index in [0.29, 0.717) is 4.68 Å². The number of halogens is 4. The minimum Gasteiger partial charge on any atom is -0.423 e. The van der Waals surface area contributed by atoms with Crippen LogP contribution in [0.2, 0.25) is 5.02 Å². The molecule has 3 aromatic rings. The molecule has 2 atom stereocenters. The van der Waals surface area contributed by atoms with Crippen molar-refractivity contribution >= 4 is 23.4 Å². The third kappa shape index (κ3) is 4.89. The molecule has 0 radical (unpaired) electrons. The van der Waals surface area contributed by atoms with Crippen LogP contribution in [0.25, 0.3) is 0 Å². The second-order valence-electron chi connectivity index (χ2n) is 8.71. The van der Waals surface area contributed by atoms with Crippen molar-refractivity contribution in [3.05, 3.63) is 47.4 Å². The lowest BCUT2D eigenvalue weighted by atomic mass is 9.92. The van der Waals surface area contributed by atoms with Gasteiger partial charge in [0.15, 0.2) is 0 Å². The Morgan fingerprint density at radius 1 is 1.15 bits per heavy atom. The maximum atomic E-state index is 13.2. The molecule has 1 aliphatic carbocycles. The number of aryl methyl sites for hydroxylation is 1. The van der Waals surface area contributed by atoms with Crippen LogP contribution in [0.3, 0.4) is 0 Å². The number of nitrogens with one attached hydrogen (secondary N) is 1. The summed E-state index contributed by atoms with van der Waals surface area (Å²) in [5.41, 5.74) is 0.906. The number of fused-ring (bicyclic) bond motifs is 2. The van der Waals surface area contributed by atoms with Crippen LogP contribution in [0.15, 0.2) is 36.7 Å². The molecule has 1 aromatic carbocycles. The van der Waals surface area contributed by atoms with Crippen LogP contribution in [0.1, 0.15) is 18.5 Å². The van der Waals surface area contributed by atoms with Gasteiger partial charge in [-0.1, -0.05) is 23.7 Å². The van der Waals surface area contributed by atoms with Crippen molar-refractivity contribution in [1.29, 1.82) is 0 Å². The number of nitrogens with zero attached hydrogens (tertiary/aromatic N) is 6. The minimum absolute atomic E-state index is 0.0501. The van der Waals surface area contributed by atoms with Crippen molar-refractivity contribution in [2.45, 2.75) is 38.5 Å². The minimum atomic E-state index is -4.48. The summed E-state index contributed by atoms with van der Waals surface area (Å²) in [6.45, 7) is 2.19. The summed E-state index contributed by atoms with van der Waals surface area (Å²) in [5, 5.41) is 7.63. The number of para-hydroxylation sites is 1. The van der Waals surface area contributed by atoms with Gasteiger partial charge >= 0.3 is 12.2 Å². The lowest BCUT2D eigenvalue weighted by Crippen LogP contribution is -2.48. The first-order valence-electron chi connectivity index (χ1n) is 11.0. The summed E-state index contributed by atoms with van der Waals surface area (Å²) in [7, 11) is 0. The summed E-state index contributed by atoms with van der Waals surface area (Å²) < 4.78 is 45.8. The van der Waals surface area contributed by atoms with Crippen LogP contribution in [-0.2, 0) is 6.54 Å². The van der Waals surface area contributed by atoms with Crippen molar-refractivity contribution in [2.24, 2.45) is 11.8 Å². The van der Waals surface area contributed by atoms with Crippen molar-refractivity contribution < 1.29 is 17.9 Å². The molecule has 3 heterocycles. The van der Waals surface area contributed by atoms with E-state index in [9.17, 15) is 13.2 Å². The van der Waals surface area contributed by atoms with E-state index in [2.05, 4.69) is 30.3 Å². The second-order valence-corrected chi connectivity index (χ2v) is 9.12. The Kier molecular flexibility index (Phi) is 5.97. The molecular weight excluding hydrogens is 471 g/mol. The Hall–Kier alpha value is -3.08. The molecule has 2 aromatic heterocycles. The fourth-order valence-electron chi connectivity index (χ4n) is 4.77. The smallest absolute Gasteiger partial charge is 0.408 e. The van der Waals surface area contributed by atoms with Crippen molar-refractivity contribution in [3.63, 3.8) is 0 Å². The van der Waals surface area contributed by atoms with E-state index >= 15 is 0 Å². The van der Waals surface area contributed by atoms with Crippen LogP contribution in [0, 0.1) is 18.8 Å². The number of hydrogen-bond acceptors (Lipinski definition) is 7. The third-order valence-electron chi connectivity index (χ3n) is 6.25. The third-order valence-corrected chi connectivity index (χ3v) is 6.56. The fourth-order valence-corrected chi connectivity index (χ4v) is 4.95. The normalized spacial score (nSPS) is 22.1. The zero-order valence-corrected chi connectivity index (χ0v) is 19.1. The van der Waals surface area contributed by atoms with E-state index in [4.69, 9.17) is 16.3 Å². The molecule has 1 saturated heterocycles. The fraction of sp³-hybridized carbons (Fsp3) is 0.455. The summed E-state index contributed by atoms with van der Waals surface area (Å²) in [5.74, 6) is 1.79. The van der Waals surface area contributed by atoms with Crippen LogP contribution >= 0.6 is 11.6 Å². The molecule has 12 heteroatoms. The van der Waals surface area contributed by atoms with Gasteiger partial charge in [-0.25, -0.2) is 14.6 Å². The Morgan fingerprint density at radius 2 is 1.88 bits per heavy atom. The topological polar surface area (TPSA) is 81.0 Å². The van der Waals surface area contributed by atoms with E-state index in [1.807, 2.05) is 13.0 Å². The molecule has 8 nitrogen and oxygen atoms in total. The average Bonchev–Trinajstić information content (AvgIpc) is 3.23. The first-order valence-corrected chi connectivity index (χ1v) is 11.4.